The molecule has 164 valence electrons. The Kier molecular flexibility index (Phi) is 6.52. The highest BCUT2D eigenvalue weighted by Crippen LogP contribution is 2.35. The maximum absolute atomic E-state index is 13.2. The first-order valence-corrected chi connectivity index (χ1v) is 10.9. The van der Waals surface area contributed by atoms with Gasteiger partial charge in [-0.15, -0.1) is 11.3 Å². The molecule has 0 aliphatic carbocycles. The molecule has 0 radical (unpaired) electrons. The van der Waals surface area contributed by atoms with E-state index in [1.165, 1.54) is 12.1 Å². The number of benzene rings is 2. The smallest absolute Gasteiger partial charge is 0.123 e. The van der Waals surface area contributed by atoms with Crippen LogP contribution in [0.1, 0.15) is 27.7 Å². The molecule has 2 heterocycles. The van der Waals surface area contributed by atoms with E-state index in [4.69, 9.17) is 4.74 Å². The number of thiophene rings is 1. The quantitative estimate of drug-likeness (QED) is 0.486. The summed E-state index contributed by atoms with van der Waals surface area (Å²) in [6.07, 6.45) is -5.21. The maximum Gasteiger partial charge on any atom is 0.123 e. The molecule has 0 spiro atoms. The van der Waals surface area contributed by atoms with Gasteiger partial charge in [-0.1, -0.05) is 30.3 Å². The van der Waals surface area contributed by atoms with Crippen LogP contribution in [0.25, 0.3) is 10.4 Å². The first-order chi connectivity index (χ1) is 14.9. The minimum Gasteiger partial charge on any atom is -0.394 e. The van der Waals surface area contributed by atoms with Crippen molar-refractivity contribution in [1.82, 2.24) is 0 Å². The molecule has 1 aromatic heterocycles. The molecule has 2 aromatic carbocycles. The molecule has 1 saturated heterocycles. The number of aryl methyl sites for hydroxylation is 1. The summed E-state index contributed by atoms with van der Waals surface area (Å²) in [5, 5.41) is 40.0. The van der Waals surface area contributed by atoms with Crippen LogP contribution in [0.4, 0.5) is 4.39 Å². The molecule has 3 aromatic rings. The Morgan fingerprint density at radius 3 is 2.39 bits per heavy atom. The van der Waals surface area contributed by atoms with E-state index in [9.17, 15) is 24.8 Å². The van der Waals surface area contributed by atoms with Gasteiger partial charge in [-0.3, -0.25) is 0 Å². The van der Waals surface area contributed by atoms with E-state index in [-0.39, 0.29) is 5.82 Å². The van der Waals surface area contributed by atoms with Crippen molar-refractivity contribution in [2.75, 3.05) is 6.61 Å². The van der Waals surface area contributed by atoms with Gasteiger partial charge in [0.2, 0.25) is 0 Å². The molecule has 7 heteroatoms. The summed E-state index contributed by atoms with van der Waals surface area (Å²) in [6.45, 7) is 1.54. The third-order valence-electron chi connectivity index (χ3n) is 5.75. The number of hydrogen-bond donors (Lipinski definition) is 4. The standard InChI is InChI=1S/C24H25FO5S/c1-13-2-3-15(24-23(29)22(28)21(27)19(12-26)30-24)10-16(13)11-18-8-9-20(31-18)14-4-6-17(25)7-5-14/h2-10,19,21-24,26-29H,11-12H2,1H3/t19-,21+,22+,23+,24+/m1/s1. The molecule has 4 N–H and O–H groups in total. The Hall–Kier alpha value is -2.13. The molecule has 0 saturated carbocycles. The highest BCUT2D eigenvalue weighted by Gasteiger charge is 2.43. The fourth-order valence-corrected chi connectivity index (χ4v) is 4.90. The van der Waals surface area contributed by atoms with E-state index in [2.05, 4.69) is 0 Å². The first kappa shape index (κ1) is 22.1. The minimum atomic E-state index is -1.41. The van der Waals surface area contributed by atoms with Crippen molar-refractivity contribution in [1.29, 1.82) is 0 Å². The van der Waals surface area contributed by atoms with Crippen LogP contribution >= 0.6 is 11.3 Å². The van der Waals surface area contributed by atoms with E-state index >= 15 is 0 Å². The van der Waals surface area contributed by atoms with E-state index < -0.39 is 37.1 Å². The zero-order valence-corrected chi connectivity index (χ0v) is 17.8. The molecule has 5 nitrogen and oxygen atoms in total. The molecule has 31 heavy (non-hydrogen) atoms. The van der Waals surface area contributed by atoms with Gasteiger partial charge in [-0.25, -0.2) is 4.39 Å². The van der Waals surface area contributed by atoms with Crippen LogP contribution in [0.2, 0.25) is 0 Å². The largest absolute Gasteiger partial charge is 0.394 e. The number of halogens is 1. The monoisotopic (exact) mass is 444 g/mol. The van der Waals surface area contributed by atoms with Crippen LogP contribution in [-0.4, -0.2) is 51.4 Å². The van der Waals surface area contributed by atoms with Crippen molar-refractivity contribution < 1.29 is 29.6 Å². The van der Waals surface area contributed by atoms with E-state index in [0.29, 0.717) is 12.0 Å². The van der Waals surface area contributed by atoms with Gasteiger partial charge in [-0.05, 0) is 53.4 Å². The summed E-state index contributed by atoms with van der Waals surface area (Å²) >= 11 is 1.63. The molecular formula is C24H25FO5S. The highest BCUT2D eigenvalue weighted by atomic mass is 32.1. The lowest BCUT2D eigenvalue weighted by molar-refractivity contribution is -0.231. The number of aliphatic hydroxyl groups is 4. The number of ether oxygens (including phenoxy) is 1. The summed E-state index contributed by atoms with van der Waals surface area (Å²) in [5.41, 5.74) is 3.75. The Balaban J connectivity index is 1.57. The van der Waals surface area contributed by atoms with Crippen molar-refractivity contribution in [3.8, 4) is 10.4 Å². The third-order valence-corrected chi connectivity index (χ3v) is 6.88. The summed E-state index contributed by atoms with van der Waals surface area (Å²) in [6, 6.07) is 16.2. The van der Waals surface area contributed by atoms with Gasteiger partial charge < -0.3 is 25.2 Å². The third kappa shape index (κ3) is 4.57. The Morgan fingerprint density at radius 2 is 1.68 bits per heavy atom. The van der Waals surface area contributed by atoms with Crippen LogP contribution in [0.3, 0.4) is 0 Å². The van der Waals surface area contributed by atoms with Gasteiger partial charge in [-0.2, -0.15) is 0 Å². The van der Waals surface area contributed by atoms with Crippen LogP contribution < -0.4 is 0 Å². The Labute approximate surface area is 184 Å². The van der Waals surface area contributed by atoms with Gasteiger partial charge in [0.05, 0.1) is 6.61 Å². The second-order valence-corrected chi connectivity index (χ2v) is 9.05. The van der Waals surface area contributed by atoms with Crippen molar-refractivity contribution in [2.45, 2.75) is 43.9 Å². The van der Waals surface area contributed by atoms with Gasteiger partial charge in [0.15, 0.2) is 0 Å². The Bertz CT molecular complexity index is 1030. The predicted octanol–water partition coefficient (Wildman–Crippen LogP) is 2.97. The lowest BCUT2D eigenvalue weighted by Gasteiger charge is -2.40. The molecule has 0 unspecified atom stereocenters. The van der Waals surface area contributed by atoms with E-state index in [0.717, 1.165) is 26.4 Å². The molecule has 0 bridgehead atoms. The molecule has 1 aliphatic heterocycles. The average Bonchev–Trinajstić information content (AvgIpc) is 3.23. The second-order valence-electron chi connectivity index (χ2n) is 7.89. The van der Waals surface area contributed by atoms with Crippen molar-refractivity contribution >= 4 is 11.3 Å². The van der Waals surface area contributed by atoms with Crippen molar-refractivity contribution in [2.24, 2.45) is 0 Å². The summed E-state index contributed by atoms with van der Waals surface area (Å²) in [7, 11) is 0. The number of aliphatic hydroxyl groups excluding tert-OH is 4. The fourth-order valence-electron chi connectivity index (χ4n) is 3.87. The predicted molar refractivity (Wildman–Crippen MR) is 116 cm³/mol. The van der Waals surface area contributed by atoms with Crippen LogP contribution in [-0.2, 0) is 11.2 Å². The zero-order chi connectivity index (χ0) is 22.1. The molecular weight excluding hydrogens is 419 g/mol. The van der Waals surface area contributed by atoms with Gasteiger partial charge in [0, 0.05) is 16.2 Å². The normalized spacial score (nSPS) is 26.2. The molecule has 1 fully saturated rings. The first-order valence-electron chi connectivity index (χ1n) is 10.1. The minimum absolute atomic E-state index is 0.263. The van der Waals surface area contributed by atoms with Gasteiger partial charge in [0.1, 0.15) is 36.3 Å². The van der Waals surface area contributed by atoms with Crippen LogP contribution in [0.5, 0.6) is 0 Å². The second kappa shape index (κ2) is 9.16. The number of rotatable bonds is 5. The average molecular weight is 445 g/mol. The Morgan fingerprint density at radius 1 is 0.935 bits per heavy atom. The van der Waals surface area contributed by atoms with E-state index in [1.807, 2.05) is 37.3 Å². The van der Waals surface area contributed by atoms with Crippen LogP contribution in [0, 0.1) is 12.7 Å². The SMILES string of the molecule is Cc1ccc([C@@H]2O[C@H](CO)[C@H](O)[C@H](O)[C@@H]2O)cc1Cc1ccc(-c2ccc(F)cc2)s1. The maximum atomic E-state index is 13.2. The zero-order valence-electron chi connectivity index (χ0n) is 17.0. The fraction of sp³-hybridized carbons (Fsp3) is 0.333. The molecule has 0 amide bonds. The van der Waals surface area contributed by atoms with E-state index in [1.54, 1.807) is 23.5 Å². The highest BCUT2D eigenvalue weighted by molar-refractivity contribution is 7.15. The molecule has 5 atom stereocenters. The molecule has 4 rings (SSSR count). The van der Waals surface area contributed by atoms with Gasteiger partial charge >= 0.3 is 0 Å². The summed E-state index contributed by atoms with van der Waals surface area (Å²) < 4.78 is 18.9. The summed E-state index contributed by atoms with van der Waals surface area (Å²) in [5.74, 6) is -0.263. The topological polar surface area (TPSA) is 90.2 Å². The van der Waals surface area contributed by atoms with Crippen molar-refractivity contribution in [3.05, 3.63) is 82.0 Å². The molecule has 1 aliphatic rings. The number of hydrogen-bond acceptors (Lipinski definition) is 6. The van der Waals surface area contributed by atoms with Crippen LogP contribution in [0.15, 0.2) is 54.6 Å². The lowest BCUT2D eigenvalue weighted by Crippen LogP contribution is -2.55. The summed E-state index contributed by atoms with van der Waals surface area (Å²) in [4.78, 5) is 2.19. The van der Waals surface area contributed by atoms with Gasteiger partial charge in [0.25, 0.3) is 0 Å². The lowest BCUT2D eigenvalue weighted by atomic mass is 9.89. The van der Waals surface area contributed by atoms with Crippen molar-refractivity contribution in [3.63, 3.8) is 0 Å².